The first-order chi connectivity index (χ1) is 11.0. The second kappa shape index (κ2) is 6.62. The first-order valence-electron chi connectivity index (χ1n) is 7.07. The van der Waals surface area contributed by atoms with E-state index in [4.69, 9.17) is 0 Å². The quantitative estimate of drug-likeness (QED) is 0.810. The van der Waals surface area contributed by atoms with Gasteiger partial charge < -0.3 is 0 Å². The van der Waals surface area contributed by atoms with E-state index in [0.717, 1.165) is 16.6 Å². The van der Waals surface area contributed by atoms with Gasteiger partial charge in [-0.2, -0.15) is 4.31 Å². The molecule has 1 unspecified atom stereocenters. The van der Waals surface area contributed by atoms with Gasteiger partial charge in [0.15, 0.2) is 9.84 Å². The van der Waals surface area contributed by atoms with E-state index in [-0.39, 0.29) is 9.79 Å². The Kier molecular flexibility index (Phi) is 5.12. The monoisotopic (exact) mass is 371 g/mol. The highest BCUT2D eigenvalue weighted by Gasteiger charge is 2.27. The Labute approximate surface area is 141 Å². The zero-order valence-corrected chi connectivity index (χ0v) is 15.1. The van der Waals surface area contributed by atoms with Crippen molar-refractivity contribution in [3.63, 3.8) is 0 Å². The Morgan fingerprint density at radius 1 is 0.958 bits per heavy atom. The van der Waals surface area contributed by atoms with Crippen LogP contribution in [0.15, 0.2) is 58.3 Å². The minimum absolute atomic E-state index is 0.0635. The molecular weight excluding hydrogens is 353 g/mol. The maximum Gasteiger partial charge on any atom is 0.243 e. The standard InChI is InChI=1S/C16H18FNO4S2/c1-12(13-7-9-14(17)10-8-13)18(2)24(21,22)16-6-4-5-15(11-16)23(3,19)20/h4-12H,1-3H3. The van der Waals surface area contributed by atoms with Gasteiger partial charge >= 0.3 is 0 Å². The van der Waals surface area contributed by atoms with Crippen LogP contribution in [0.5, 0.6) is 0 Å². The molecule has 0 saturated heterocycles. The second-order valence-electron chi connectivity index (χ2n) is 5.50. The van der Waals surface area contributed by atoms with Crippen molar-refractivity contribution < 1.29 is 21.2 Å². The molecule has 130 valence electrons. The average molecular weight is 371 g/mol. The normalized spacial score (nSPS) is 13.9. The largest absolute Gasteiger partial charge is 0.243 e. The third kappa shape index (κ3) is 3.82. The molecule has 0 bridgehead atoms. The van der Waals surface area contributed by atoms with Gasteiger partial charge in [-0.1, -0.05) is 18.2 Å². The van der Waals surface area contributed by atoms with Gasteiger partial charge in [0.25, 0.3) is 0 Å². The zero-order valence-electron chi connectivity index (χ0n) is 13.5. The first kappa shape index (κ1) is 18.6. The smallest absolute Gasteiger partial charge is 0.224 e. The number of hydrogen-bond donors (Lipinski definition) is 0. The lowest BCUT2D eigenvalue weighted by molar-refractivity contribution is 0.398. The predicted octanol–water partition coefficient (Wildman–Crippen LogP) is 2.61. The number of rotatable bonds is 5. The van der Waals surface area contributed by atoms with Crippen molar-refractivity contribution in [2.24, 2.45) is 0 Å². The maximum absolute atomic E-state index is 13.0. The Hall–Kier alpha value is -1.77. The number of nitrogens with zero attached hydrogens (tertiary/aromatic N) is 1. The van der Waals surface area contributed by atoms with Crippen LogP contribution >= 0.6 is 0 Å². The molecule has 2 aromatic rings. The molecule has 0 fully saturated rings. The number of halogens is 1. The highest BCUT2D eigenvalue weighted by molar-refractivity contribution is 7.91. The minimum Gasteiger partial charge on any atom is -0.224 e. The Balaban J connectivity index is 2.41. The molecule has 5 nitrogen and oxygen atoms in total. The summed E-state index contributed by atoms with van der Waals surface area (Å²) in [6, 6.07) is 10.2. The van der Waals surface area contributed by atoms with E-state index in [1.807, 2.05) is 0 Å². The van der Waals surface area contributed by atoms with Crippen LogP contribution in [0, 0.1) is 5.82 Å². The fourth-order valence-electron chi connectivity index (χ4n) is 2.19. The van der Waals surface area contributed by atoms with Gasteiger partial charge in [-0.05, 0) is 42.8 Å². The van der Waals surface area contributed by atoms with E-state index in [1.165, 1.54) is 49.5 Å². The fourth-order valence-corrected chi connectivity index (χ4v) is 4.33. The second-order valence-corrected chi connectivity index (χ2v) is 9.51. The lowest BCUT2D eigenvalue weighted by atomic mass is 10.1. The van der Waals surface area contributed by atoms with E-state index in [0.29, 0.717) is 5.56 Å². The molecule has 0 aliphatic carbocycles. The summed E-state index contributed by atoms with van der Waals surface area (Å²) in [5, 5.41) is 0. The molecule has 0 radical (unpaired) electrons. The van der Waals surface area contributed by atoms with Crippen LogP contribution in [-0.2, 0) is 19.9 Å². The molecule has 0 aliphatic heterocycles. The first-order valence-corrected chi connectivity index (χ1v) is 10.4. The molecule has 24 heavy (non-hydrogen) atoms. The van der Waals surface area contributed by atoms with E-state index in [2.05, 4.69) is 0 Å². The predicted molar refractivity (Wildman–Crippen MR) is 89.3 cm³/mol. The van der Waals surface area contributed by atoms with Crippen molar-refractivity contribution in [2.75, 3.05) is 13.3 Å². The summed E-state index contributed by atoms with van der Waals surface area (Å²) < 4.78 is 62.9. The zero-order chi connectivity index (χ0) is 18.1. The molecule has 0 N–H and O–H groups in total. The molecule has 0 heterocycles. The highest BCUT2D eigenvalue weighted by Crippen LogP contribution is 2.27. The molecule has 0 spiro atoms. The van der Waals surface area contributed by atoms with Crippen LogP contribution < -0.4 is 0 Å². The molecule has 2 aromatic carbocycles. The number of sulfonamides is 1. The molecule has 0 saturated carbocycles. The third-order valence-corrected chi connectivity index (χ3v) is 6.84. The maximum atomic E-state index is 13.0. The molecule has 0 aliphatic rings. The molecule has 0 aromatic heterocycles. The molecule has 0 amide bonds. The van der Waals surface area contributed by atoms with Crippen LogP contribution in [0.3, 0.4) is 0 Å². The van der Waals surface area contributed by atoms with Gasteiger partial charge in [-0.25, -0.2) is 21.2 Å². The van der Waals surface area contributed by atoms with Gasteiger partial charge in [0, 0.05) is 19.3 Å². The van der Waals surface area contributed by atoms with Crippen molar-refractivity contribution in [3.8, 4) is 0 Å². The van der Waals surface area contributed by atoms with Crippen molar-refractivity contribution in [2.45, 2.75) is 22.8 Å². The Morgan fingerprint density at radius 3 is 2.04 bits per heavy atom. The van der Waals surface area contributed by atoms with Crippen molar-refractivity contribution in [1.29, 1.82) is 0 Å². The minimum atomic E-state index is -3.90. The van der Waals surface area contributed by atoms with Crippen LogP contribution in [0.4, 0.5) is 4.39 Å². The summed E-state index contributed by atoms with van der Waals surface area (Å²) in [4.78, 5) is -0.173. The van der Waals surface area contributed by atoms with Crippen molar-refractivity contribution in [3.05, 3.63) is 59.9 Å². The lowest BCUT2D eigenvalue weighted by Crippen LogP contribution is -2.30. The summed E-state index contributed by atoms with van der Waals surface area (Å²) in [5.74, 6) is -0.405. The van der Waals surface area contributed by atoms with Gasteiger partial charge in [0.1, 0.15) is 5.82 Å². The molecule has 2 rings (SSSR count). The van der Waals surface area contributed by atoms with Crippen LogP contribution in [0.2, 0.25) is 0 Å². The van der Waals surface area contributed by atoms with Gasteiger partial charge in [-0.3, -0.25) is 0 Å². The number of hydrogen-bond acceptors (Lipinski definition) is 4. The molecular formula is C16H18FNO4S2. The Morgan fingerprint density at radius 2 is 1.50 bits per heavy atom. The number of sulfone groups is 1. The van der Waals surface area contributed by atoms with Crippen LogP contribution in [0.25, 0.3) is 0 Å². The van der Waals surface area contributed by atoms with Crippen LogP contribution in [0.1, 0.15) is 18.5 Å². The summed E-state index contributed by atoms with van der Waals surface area (Å²) in [6.45, 7) is 1.67. The van der Waals surface area contributed by atoms with Crippen molar-refractivity contribution >= 4 is 19.9 Å². The summed E-state index contributed by atoms with van der Waals surface area (Å²) >= 11 is 0. The van der Waals surface area contributed by atoms with E-state index in [9.17, 15) is 21.2 Å². The molecule has 8 heteroatoms. The lowest BCUT2D eigenvalue weighted by Gasteiger charge is -2.25. The summed E-state index contributed by atoms with van der Waals surface area (Å²) in [5.41, 5.74) is 0.627. The van der Waals surface area contributed by atoms with E-state index >= 15 is 0 Å². The van der Waals surface area contributed by atoms with Gasteiger partial charge in [0.2, 0.25) is 10.0 Å². The number of benzene rings is 2. The van der Waals surface area contributed by atoms with E-state index in [1.54, 1.807) is 6.92 Å². The third-order valence-electron chi connectivity index (χ3n) is 3.81. The topological polar surface area (TPSA) is 71.5 Å². The van der Waals surface area contributed by atoms with E-state index < -0.39 is 31.7 Å². The summed E-state index contributed by atoms with van der Waals surface area (Å²) in [7, 11) is -6.02. The van der Waals surface area contributed by atoms with Crippen LogP contribution in [-0.4, -0.2) is 34.4 Å². The highest BCUT2D eigenvalue weighted by atomic mass is 32.2. The summed E-state index contributed by atoms with van der Waals surface area (Å²) in [6.07, 6.45) is 1.02. The molecule has 1 atom stereocenters. The average Bonchev–Trinajstić information content (AvgIpc) is 2.53. The Bertz CT molecular complexity index is 938. The SMILES string of the molecule is CC(c1ccc(F)cc1)N(C)S(=O)(=O)c1cccc(S(C)(=O)=O)c1. The fraction of sp³-hybridized carbons (Fsp3) is 0.250. The van der Waals surface area contributed by atoms with Gasteiger partial charge in [-0.15, -0.1) is 0 Å². The van der Waals surface area contributed by atoms with Gasteiger partial charge in [0.05, 0.1) is 9.79 Å². The van der Waals surface area contributed by atoms with Crippen molar-refractivity contribution in [1.82, 2.24) is 4.31 Å².